The van der Waals surface area contributed by atoms with Gasteiger partial charge in [0.15, 0.2) is 0 Å². The molecule has 0 bridgehead atoms. The maximum absolute atomic E-state index is 12.4. The fourth-order valence-corrected chi connectivity index (χ4v) is 2.41. The van der Waals surface area contributed by atoms with Crippen LogP contribution in [0.2, 0.25) is 0 Å². The van der Waals surface area contributed by atoms with E-state index in [-0.39, 0.29) is 5.91 Å². The highest BCUT2D eigenvalue weighted by Crippen LogP contribution is 2.17. The van der Waals surface area contributed by atoms with Gasteiger partial charge in [-0.05, 0) is 37.5 Å². The molecule has 0 unspecified atom stereocenters. The smallest absolute Gasteiger partial charge is 0.253 e. The van der Waals surface area contributed by atoms with Gasteiger partial charge in [0.2, 0.25) is 0 Å². The number of carbonyl (C=O) groups excluding carboxylic acids is 1. The Labute approximate surface area is 109 Å². The van der Waals surface area contributed by atoms with Crippen molar-refractivity contribution in [2.75, 3.05) is 18.8 Å². The summed E-state index contributed by atoms with van der Waals surface area (Å²) in [5.74, 6) is 0.128. The molecule has 3 heteroatoms. The van der Waals surface area contributed by atoms with Gasteiger partial charge in [-0.15, -0.1) is 0 Å². The van der Waals surface area contributed by atoms with E-state index in [9.17, 15) is 4.79 Å². The lowest BCUT2D eigenvalue weighted by atomic mass is 10.1. The summed E-state index contributed by atoms with van der Waals surface area (Å²) in [7, 11) is 0. The van der Waals surface area contributed by atoms with Gasteiger partial charge >= 0.3 is 0 Å². The summed E-state index contributed by atoms with van der Waals surface area (Å²) in [5, 5.41) is 0. The molecule has 0 aliphatic carbocycles. The van der Waals surface area contributed by atoms with Gasteiger partial charge in [-0.2, -0.15) is 0 Å². The zero-order chi connectivity index (χ0) is 13.0. The van der Waals surface area contributed by atoms with Crippen LogP contribution in [0.1, 0.15) is 48.0 Å². The second-order valence-corrected chi connectivity index (χ2v) is 5.13. The highest BCUT2D eigenvalue weighted by Gasteiger charge is 2.16. The molecular weight excluding hydrogens is 224 g/mol. The van der Waals surface area contributed by atoms with Crippen LogP contribution < -0.4 is 5.73 Å². The van der Waals surface area contributed by atoms with E-state index in [4.69, 9.17) is 5.73 Å². The van der Waals surface area contributed by atoms with E-state index in [1.165, 1.54) is 19.3 Å². The number of aryl methyl sites for hydroxylation is 1. The molecule has 18 heavy (non-hydrogen) atoms. The molecule has 1 aromatic rings. The number of nitrogens with zero attached hydrogens (tertiary/aromatic N) is 1. The summed E-state index contributed by atoms with van der Waals surface area (Å²) >= 11 is 0. The van der Waals surface area contributed by atoms with Crippen molar-refractivity contribution >= 4 is 11.6 Å². The van der Waals surface area contributed by atoms with Crippen molar-refractivity contribution in [3.63, 3.8) is 0 Å². The number of hydrogen-bond acceptors (Lipinski definition) is 2. The van der Waals surface area contributed by atoms with Crippen molar-refractivity contribution in [3.05, 3.63) is 29.3 Å². The Bertz CT molecular complexity index is 421. The summed E-state index contributed by atoms with van der Waals surface area (Å²) in [6, 6.07) is 5.61. The third-order valence-electron chi connectivity index (χ3n) is 3.67. The van der Waals surface area contributed by atoms with Gasteiger partial charge in [-0.25, -0.2) is 0 Å². The van der Waals surface area contributed by atoms with E-state index < -0.39 is 0 Å². The lowest BCUT2D eigenvalue weighted by Crippen LogP contribution is -2.33. The number of rotatable bonds is 1. The quantitative estimate of drug-likeness (QED) is 0.774. The molecule has 0 spiro atoms. The number of likely N-dealkylation sites (tertiary alicyclic amines) is 1. The normalized spacial score (nSPS) is 17.1. The molecule has 2 N–H and O–H groups in total. The molecule has 1 heterocycles. The molecule has 0 atom stereocenters. The van der Waals surface area contributed by atoms with Gasteiger partial charge in [-0.3, -0.25) is 4.79 Å². The minimum atomic E-state index is 0.128. The van der Waals surface area contributed by atoms with Gasteiger partial charge in [0.25, 0.3) is 5.91 Å². The number of amides is 1. The van der Waals surface area contributed by atoms with Crippen molar-refractivity contribution in [1.82, 2.24) is 4.90 Å². The number of nitrogens with two attached hydrogens (primary N) is 1. The molecule has 1 amide bonds. The lowest BCUT2D eigenvalue weighted by molar-refractivity contribution is 0.0742. The monoisotopic (exact) mass is 246 g/mol. The highest BCUT2D eigenvalue weighted by atomic mass is 16.2. The molecule has 1 aliphatic rings. The van der Waals surface area contributed by atoms with Crippen LogP contribution in [0.4, 0.5) is 5.69 Å². The molecule has 3 nitrogen and oxygen atoms in total. The first kappa shape index (κ1) is 12.9. The first-order chi connectivity index (χ1) is 8.68. The second-order valence-electron chi connectivity index (χ2n) is 5.13. The standard InChI is InChI=1S/C15H22N2O/c1-12-7-8-13(11-14(12)16)15(18)17-9-5-3-2-4-6-10-17/h7-8,11H,2-6,9-10,16H2,1H3. The SMILES string of the molecule is Cc1ccc(C(=O)N2CCCCCCC2)cc1N. The van der Waals surface area contributed by atoms with E-state index in [0.29, 0.717) is 5.69 Å². The molecule has 0 aromatic heterocycles. The molecule has 1 saturated heterocycles. The summed E-state index contributed by atoms with van der Waals surface area (Å²) in [5.41, 5.74) is 8.32. The lowest BCUT2D eigenvalue weighted by Gasteiger charge is -2.25. The topological polar surface area (TPSA) is 46.3 Å². The van der Waals surface area contributed by atoms with Crippen molar-refractivity contribution < 1.29 is 4.79 Å². The Morgan fingerprint density at radius 1 is 1.11 bits per heavy atom. The Hall–Kier alpha value is -1.51. The molecule has 1 aromatic carbocycles. The van der Waals surface area contributed by atoms with Crippen molar-refractivity contribution in [1.29, 1.82) is 0 Å². The maximum atomic E-state index is 12.4. The van der Waals surface area contributed by atoms with Gasteiger partial charge in [0.1, 0.15) is 0 Å². The molecule has 0 saturated carbocycles. The Balaban J connectivity index is 2.10. The molecule has 2 rings (SSSR count). The second kappa shape index (κ2) is 5.89. The molecule has 1 fully saturated rings. The summed E-state index contributed by atoms with van der Waals surface area (Å²) in [4.78, 5) is 14.4. The van der Waals surface area contributed by atoms with E-state index in [1.807, 2.05) is 24.0 Å². The van der Waals surface area contributed by atoms with E-state index in [0.717, 1.165) is 37.1 Å². The van der Waals surface area contributed by atoms with Crippen LogP contribution in [0.15, 0.2) is 18.2 Å². The summed E-state index contributed by atoms with van der Waals surface area (Å²) in [6.07, 6.45) is 6.01. The third-order valence-corrected chi connectivity index (χ3v) is 3.67. The average molecular weight is 246 g/mol. The average Bonchev–Trinajstić information content (AvgIpc) is 2.31. The number of carbonyl (C=O) groups is 1. The van der Waals surface area contributed by atoms with Crippen LogP contribution in [0.5, 0.6) is 0 Å². The van der Waals surface area contributed by atoms with E-state index in [2.05, 4.69) is 0 Å². The molecular formula is C15H22N2O. The Morgan fingerprint density at radius 2 is 1.72 bits per heavy atom. The summed E-state index contributed by atoms with van der Waals surface area (Å²) < 4.78 is 0. The van der Waals surface area contributed by atoms with Crippen LogP contribution in [-0.2, 0) is 0 Å². The number of anilines is 1. The first-order valence-corrected chi connectivity index (χ1v) is 6.84. The van der Waals surface area contributed by atoms with Gasteiger partial charge in [0.05, 0.1) is 0 Å². The van der Waals surface area contributed by atoms with Crippen LogP contribution in [0, 0.1) is 6.92 Å². The van der Waals surface area contributed by atoms with Gasteiger partial charge in [-0.1, -0.05) is 25.3 Å². The zero-order valence-corrected chi connectivity index (χ0v) is 11.1. The van der Waals surface area contributed by atoms with Gasteiger partial charge in [0, 0.05) is 24.3 Å². The summed E-state index contributed by atoms with van der Waals surface area (Å²) in [6.45, 7) is 3.72. The van der Waals surface area contributed by atoms with Crippen molar-refractivity contribution in [3.8, 4) is 0 Å². The third kappa shape index (κ3) is 3.03. The first-order valence-electron chi connectivity index (χ1n) is 6.84. The Kier molecular flexibility index (Phi) is 4.24. The van der Waals surface area contributed by atoms with Crippen LogP contribution in [0.25, 0.3) is 0 Å². The van der Waals surface area contributed by atoms with Crippen molar-refractivity contribution in [2.24, 2.45) is 0 Å². The van der Waals surface area contributed by atoms with Crippen LogP contribution >= 0.6 is 0 Å². The predicted molar refractivity (Wildman–Crippen MR) is 74.6 cm³/mol. The van der Waals surface area contributed by atoms with E-state index in [1.54, 1.807) is 6.07 Å². The number of benzene rings is 1. The molecule has 1 aliphatic heterocycles. The van der Waals surface area contributed by atoms with Crippen molar-refractivity contribution in [2.45, 2.75) is 39.0 Å². The van der Waals surface area contributed by atoms with Crippen LogP contribution in [-0.4, -0.2) is 23.9 Å². The minimum Gasteiger partial charge on any atom is -0.398 e. The zero-order valence-electron chi connectivity index (χ0n) is 11.1. The molecule has 98 valence electrons. The number of hydrogen-bond donors (Lipinski definition) is 1. The minimum absolute atomic E-state index is 0.128. The maximum Gasteiger partial charge on any atom is 0.253 e. The molecule has 0 radical (unpaired) electrons. The fourth-order valence-electron chi connectivity index (χ4n) is 2.41. The highest BCUT2D eigenvalue weighted by molar-refractivity contribution is 5.95. The largest absolute Gasteiger partial charge is 0.398 e. The van der Waals surface area contributed by atoms with Gasteiger partial charge < -0.3 is 10.6 Å². The number of nitrogen functional groups attached to an aromatic ring is 1. The van der Waals surface area contributed by atoms with Crippen LogP contribution in [0.3, 0.4) is 0 Å². The van der Waals surface area contributed by atoms with E-state index >= 15 is 0 Å². The Morgan fingerprint density at radius 3 is 2.33 bits per heavy atom. The predicted octanol–water partition coefficient (Wildman–Crippen LogP) is 2.98. The fraction of sp³-hybridized carbons (Fsp3) is 0.533.